The average molecular weight is 339 g/mol. The Labute approximate surface area is 147 Å². The van der Waals surface area contributed by atoms with E-state index >= 15 is 0 Å². The zero-order valence-electron chi connectivity index (χ0n) is 14.9. The number of imidazole rings is 1. The Morgan fingerprint density at radius 1 is 1.24 bits per heavy atom. The quantitative estimate of drug-likeness (QED) is 0.639. The highest BCUT2D eigenvalue weighted by Gasteiger charge is 2.12. The van der Waals surface area contributed by atoms with Crippen LogP contribution in [0.2, 0.25) is 0 Å². The molecule has 2 aromatic heterocycles. The predicted molar refractivity (Wildman–Crippen MR) is 101 cm³/mol. The number of aromatic nitrogens is 3. The summed E-state index contributed by atoms with van der Waals surface area (Å²) in [5.41, 5.74) is 16.2. The number of fused-ring (bicyclic) bond motifs is 1. The first-order valence-electron chi connectivity index (χ1n) is 8.53. The molecule has 0 saturated carbocycles. The van der Waals surface area contributed by atoms with E-state index in [9.17, 15) is 0 Å². The minimum atomic E-state index is 0.192. The number of aromatic amines is 1. The fourth-order valence-corrected chi connectivity index (χ4v) is 3.07. The van der Waals surface area contributed by atoms with Gasteiger partial charge in [-0.25, -0.2) is 9.97 Å². The molecule has 0 fully saturated rings. The minimum Gasteiger partial charge on any atom is -0.493 e. The molecule has 1 aromatic carbocycles. The van der Waals surface area contributed by atoms with Gasteiger partial charge in [-0.05, 0) is 55.5 Å². The van der Waals surface area contributed by atoms with Crippen molar-refractivity contribution in [1.29, 1.82) is 0 Å². The van der Waals surface area contributed by atoms with E-state index < -0.39 is 0 Å². The molecule has 2 heterocycles. The molecule has 6 heteroatoms. The van der Waals surface area contributed by atoms with Crippen molar-refractivity contribution in [1.82, 2.24) is 15.0 Å². The maximum Gasteiger partial charge on any atom is 0.199 e. The predicted octanol–water partition coefficient (Wildman–Crippen LogP) is 3.27. The van der Waals surface area contributed by atoms with E-state index in [2.05, 4.69) is 27.9 Å². The molecule has 0 aliphatic carbocycles. The van der Waals surface area contributed by atoms with Gasteiger partial charge in [0, 0.05) is 17.8 Å². The second kappa shape index (κ2) is 7.11. The highest BCUT2D eigenvalue weighted by Crippen LogP contribution is 2.30. The summed E-state index contributed by atoms with van der Waals surface area (Å²) in [5.74, 6) is 1.69. The molecule has 0 radical (unpaired) electrons. The van der Waals surface area contributed by atoms with Crippen LogP contribution in [0.15, 0.2) is 30.5 Å². The van der Waals surface area contributed by atoms with Crippen molar-refractivity contribution >= 4 is 17.1 Å². The first-order chi connectivity index (χ1) is 11.9. The summed E-state index contributed by atoms with van der Waals surface area (Å²) < 4.78 is 5.97. The molecule has 2 unspecified atom stereocenters. The lowest BCUT2D eigenvalue weighted by Gasteiger charge is -2.16. The van der Waals surface area contributed by atoms with Gasteiger partial charge in [0.15, 0.2) is 11.6 Å². The number of nitrogen functional groups attached to an aromatic ring is 1. The fraction of sp³-hybridized carbons (Fsp3) is 0.368. The third kappa shape index (κ3) is 3.91. The second-order valence-corrected chi connectivity index (χ2v) is 6.79. The number of nitrogens with two attached hydrogens (primary N) is 2. The number of rotatable bonds is 6. The van der Waals surface area contributed by atoms with Crippen molar-refractivity contribution in [3.8, 4) is 16.9 Å². The van der Waals surface area contributed by atoms with Crippen LogP contribution in [-0.4, -0.2) is 27.6 Å². The van der Waals surface area contributed by atoms with Gasteiger partial charge in [-0.15, -0.1) is 0 Å². The normalized spacial score (nSPS) is 13.8. The van der Waals surface area contributed by atoms with Crippen LogP contribution in [0, 0.1) is 12.8 Å². The molecule has 0 aliphatic rings. The number of aryl methyl sites for hydroxylation is 1. The van der Waals surface area contributed by atoms with E-state index in [1.165, 1.54) is 0 Å². The summed E-state index contributed by atoms with van der Waals surface area (Å²) in [6, 6.07) is 8.29. The van der Waals surface area contributed by atoms with Crippen molar-refractivity contribution in [3.05, 3.63) is 36.0 Å². The van der Waals surface area contributed by atoms with Gasteiger partial charge < -0.3 is 21.2 Å². The number of hydrogen-bond acceptors (Lipinski definition) is 5. The SMILES string of the molecule is Cc1cc(-c2ccnc3[nH]c(N)nc23)ccc1OCC(C)CC(C)N. The number of ether oxygens (including phenoxy) is 1. The Bertz CT molecular complexity index is 871. The highest BCUT2D eigenvalue weighted by molar-refractivity contribution is 5.90. The number of anilines is 1. The number of nitrogens with zero attached hydrogens (tertiary/aromatic N) is 2. The van der Waals surface area contributed by atoms with E-state index in [1.807, 2.05) is 32.0 Å². The van der Waals surface area contributed by atoms with Crippen molar-refractivity contribution < 1.29 is 4.74 Å². The molecule has 0 amide bonds. The molecule has 3 aromatic rings. The Morgan fingerprint density at radius 2 is 2.04 bits per heavy atom. The zero-order valence-corrected chi connectivity index (χ0v) is 14.9. The van der Waals surface area contributed by atoms with Crippen LogP contribution in [0.1, 0.15) is 25.8 Å². The maximum atomic E-state index is 5.97. The van der Waals surface area contributed by atoms with Gasteiger partial charge in [0.25, 0.3) is 0 Å². The highest BCUT2D eigenvalue weighted by atomic mass is 16.5. The van der Waals surface area contributed by atoms with Gasteiger partial charge >= 0.3 is 0 Å². The second-order valence-electron chi connectivity index (χ2n) is 6.79. The summed E-state index contributed by atoms with van der Waals surface area (Å²) in [4.78, 5) is 11.6. The number of H-pyrrole nitrogens is 1. The Hall–Kier alpha value is -2.60. The maximum absolute atomic E-state index is 5.97. The van der Waals surface area contributed by atoms with Gasteiger partial charge in [0.05, 0.1) is 6.61 Å². The van der Waals surface area contributed by atoms with Gasteiger partial charge in [-0.2, -0.15) is 0 Å². The fourth-order valence-electron chi connectivity index (χ4n) is 3.07. The third-order valence-electron chi connectivity index (χ3n) is 4.19. The molecular weight excluding hydrogens is 314 g/mol. The lowest BCUT2D eigenvalue weighted by Crippen LogP contribution is -2.21. The van der Waals surface area contributed by atoms with E-state index in [1.54, 1.807) is 6.20 Å². The molecule has 25 heavy (non-hydrogen) atoms. The Morgan fingerprint density at radius 3 is 2.76 bits per heavy atom. The summed E-state index contributed by atoms with van der Waals surface area (Å²) >= 11 is 0. The van der Waals surface area contributed by atoms with Crippen molar-refractivity contribution in [3.63, 3.8) is 0 Å². The van der Waals surface area contributed by atoms with Gasteiger partial charge in [-0.1, -0.05) is 13.0 Å². The number of hydrogen-bond donors (Lipinski definition) is 3. The molecule has 0 bridgehead atoms. The van der Waals surface area contributed by atoms with Gasteiger partial charge in [0.2, 0.25) is 0 Å². The largest absolute Gasteiger partial charge is 0.493 e. The molecule has 5 N–H and O–H groups in total. The van der Waals surface area contributed by atoms with Crippen molar-refractivity contribution in [2.75, 3.05) is 12.3 Å². The zero-order chi connectivity index (χ0) is 18.0. The van der Waals surface area contributed by atoms with Crippen LogP contribution >= 0.6 is 0 Å². The summed E-state index contributed by atoms with van der Waals surface area (Å²) in [7, 11) is 0. The minimum absolute atomic E-state index is 0.192. The van der Waals surface area contributed by atoms with Crippen LogP contribution in [0.5, 0.6) is 5.75 Å². The van der Waals surface area contributed by atoms with Crippen LogP contribution in [0.4, 0.5) is 5.95 Å². The average Bonchev–Trinajstić information content (AvgIpc) is 2.93. The third-order valence-corrected chi connectivity index (χ3v) is 4.19. The summed E-state index contributed by atoms with van der Waals surface area (Å²) in [6.07, 6.45) is 2.71. The van der Waals surface area contributed by atoms with Crippen LogP contribution < -0.4 is 16.2 Å². The van der Waals surface area contributed by atoms with Crippen LogP contribution in [0.3, 0.4) is 0 Å². The summed E-state index contributed by atoms with van der Waals surface area (Å²) in [6.45, 7) is 6.89. The number of benzene rings is 1. The molecule has 3 rings (SSSR count). The summed E-state index contributed by atoms with van der Waals surface area (Å²) in [5, 5.41) is 0. The molecular formula is C19H25N5O. The van der Waals surface area contributed by atoms with E-state index in [-0.39, 0.29) is 6.04 Å². The first-order valence-corrected chi connectivity index (χ1v) is 8.53. The van der Waals surface area contributed by atoms with E-state index in [4.69, 9.17) is 16.2 Å². The van der Waals surface area contributed by atoms with E-state index in [0.717, 1.165) is 34.4 Å². The molecule has 132 valence electrons. The van der Waals surface area contributed by atoms with Crippen molar-refractivity contribution in [2.24, 2.45) is 11.7 Å². The lowest BCUT2D eigenvalue weighted by atomic mass is 10.0. The molecule has 6 nitrogen and oxygen atoms in total. The molecule has 0 aliphatic heterocycles. The van der Waals surface area contributed by atoms with Crippen LogP contribution in [-0.2, 0) is 0 Å². The lowest BCUT2D eigenvalue weighted by molar-refractivity contribution is 0.245. The van der Waals surface area contributed by atoms with E-state index in [0.29, 0.717) is 24.1 Å². The monoisotopic (exact) mass is 339 g/mol. The Balaban J connectivity index is 1.82. The van der Waals surface area contributed by atoms with Gasteiger partial charge in [-0.3, -0.25) is 0 Å². The topological polar surface area (TPSA) is 103 Å². The number of nitrogens with one attached hydrogen (secondary N) is 1. The van der Waals surface area contributed by atoms with Crippen LogP contribution in [0.25, 0.3) is 22.3 Å². The first kappa shape index (κ1) is 17.2. The smallest absolute Gasteiger partial charge is 0.199 e. The van der Waals surface area contributed by atoms with Gasteiger partial charge in [0.1, 0.15) is 11.3 Å². The standard InChI is InChI=1S/C19H25N5O/c1-11(8-13(3)20)10-25-16-5-4-14(9-12(16)2)15-6-7-22-18-17(15)23-19(21)24-18/h4-7,9,11,13H,8,10,20H2,1-3H3,(H3,21,22,23,24). The van der Waals surface area contributed by atoms with Crippen molar-refractivity contribution in [2.45, 2.75) is 33.2 Å². The Kier molecular flexibility index (Phi) is 4.90. The molecule has 2 atom stereocenters. The molecule has 0 saturated heterocycles. The molecule has 0 spiro atoms. The number of pyridine rings is 1.